The van der Waals surface area contributed by atoms with Crippen molar-refractivity contribution >= 4 is 23.2 Å². The number of benzene rings is 2. The third kappa shape index (κ3) is 6.23. The molecule has 45 heavy (non-hydrogen) atoms. The highest BCUT2D eigenvalue weighted by Crippen LogP contribution is 2.34. The monoisotopic (exact) mass is 633 g/mol. The van der Waals surface area contributed by atoms with Crippen LogP contribution in [0.4, 0.5) is 18.9 Å². The number of hydrogen-bond acceptors (Lipinski definition) is 6. The van der Waals surface area contributed by atoms with Gasteiger partial charge in [0.2, 0.25) is 5.91 Å². The van der Waals surface area contributed by atoms with Crippen LogP contribution in [-0.4, -0.2) is 35.4 Å². The fraction of sp³-hybridized carbons (Fsp3) is 0.250. The summed E-state index contributed by atoms with van der Waals surface area (Å²) in [5, 5.41) is 10.2. The summed E-state index contributed by atoms with van der Waals surface area (Å²) in [7, 11) is 0. The van der Waals surface area contributed by atoms with E-state index >= 15 is 0 Å². The molecule has 1 amide bonds. The number of carbonyl (C=O) groups excluding carboxylic acids is 1. The molecule has 6 rings (SSSR count). The Morgan fingerprint density at radius 3 is 2.60 bits per heavy atom. The summed E-state index contributed by atoms with van der Waals surface area (Å²) in [6, 6.07) is 16.8. The van der Waals surface area contributed by atoms with Crippen molar-refractivity contribution in [1.82, 2.24) is 29.5 Å². The smallest absolute Gasteiger partial charge is 0.324 e. The molecule has 1 aliphatic rings. The maximum Gasteiger partial charge on any atom is 0.436 e. The Hall–Kier alpha value is -4.84. The Balaban J connectivity index is 1.42. The fourth-order valence-electron chi connectivity index (χ4n) is 5.46. The van der Waals surface area contributed by atoms with Gasteiger partial charge in [0.15, 0.2) is 5.69 Å². The Morgan fingerprint density at radius 2 is 1.84 bits per heavy atom. The summed E-state index contributed by atoms with van der Waals surface area (Å²) in [4.78, 5) is 36.0. The van der Waals surface area contributed by atoms with Gasteiger partial charge in [-0.3, -0.25) is 19.1 Å². The van der Waals surface area contributed by atoms with Gasteiger partial charge in [-0.1, -0.05) is 48.4 Å². The van der Waals surface area contributed by atoms with E-state index in [2.05, 4.69) is 20.6 Å². The zero-order valence-electron chi connectivity index (χ0n) is 24.2. The average Bonchev–Trinajstić information content (AvgIpc) is 3.51. The first kappa shape index (κ1) is 30.2. The molecule has 0 saturated heterocycles. The molecule has 230 valence electrons. The molecule has 1 aliphatic heterocycles. The Bertz CT molecular complexity index is 1970. The zero-order chi connectivity index (χ0) is 31.9. The van der Waals surface area contributed by atoms with Gasteiger partial charge in [-0.2, -0.15) is 13.2 Å². The second kappa shape index (κ2) is 11.9. The highest BCUT2D eigenvalue weighted by atomic mass is 35.5. The van der Waals surface area contributed by atoms with Crippen LogP contribution in [0.25, 0.3) is 28.2 Å². The molecule has 0 fully saturated rings. The quantitative estimate of drug-likeness (QED) is 0.232. The third-order valence-electron chi connectivity index (χ3n) is 7.84. The van der Waals surface area contributed by atoms with Gasteiger partial charge in [0.05, 0.1) is 41.3 Å². The summed E-state index contributed by atoms with van der Waals surface area (Å²) < 4.78 is 42.2. The van der Waals surface area contributed by atoms with E-state index in [0.717, 1.165) is 27.7 Å². The molecule has 13 heteroatoms. The number of hydrogen-bond donors (Lipinski definition) is 1. The summed E-state index contributed by atoms with van der Waals surface area (Å²) in [6.45, 7) is 3.75. The number of aryl methyl sites for hydroxylation is 1. The summed E-state index contributed by atoms with van der Waals surface area (Å²) in [5.41, 5.74) is 2.90. The highest BCUT2D eigenvalue weighted by Gasteiger charge is 2.35. The van der Waals surface area contributed by atoms with Gasteiger partial charge in [-0.15, -0.1) is 5.10 Å². The lowest BCUT2D eigenvalue weighted by Crippen LogP contribution is -2.26. The minimum atomic E-state index is -4.67. The first-order chi connectivity index (χ1) is 21.5. The fourth-order valence-corrected chi connectivity index (χ4v) is 5.63. The van der Waals surface area contributed by atoms with E-state index in [9.17, 15) is 22.8 Å². The van der Waals surface area contributed by atoms with Crippen LogP contribution in [0.1, 0.15) is 49.2 Å². The van der Waals surface area contributed by atoms with Gasteiger partial charge in [-0.25, -0.2) is 9.67 Å². The average molecular weight is 634 g/mol. The van der Waals surface area contributed by atoms with E-state index in [1.54, 1.807) is 0 Å². The van der Waals surface area contributed by atoms with Crippen LogP contribution in [0.15, 0.2) is 78.0 Å². The summed E-state index contributed by atoms with van der Waals surface area (Å²) in [5.74, 6) is -0.379. The van der Waals surface area contributed by atoms with Crippen LogP contribution >= 0.6 is 11.6 Å². The number of halogens is 4. The predicted octanol–water partition coefficient (Wildman–Crippen LogP) is 6.88. The molecule has 0 saturated carbocycles. The molecule has 2 aromatic carbocycles. The lowest BCUT2D eigenvalue weighted by atomic mass is 9.94. The number of alkyl halides is 3. The van der Waals surface area contributed by atoms with E-state index in [1.165, 1.54) is 35.2 Å². The Labute approximate surface area is 260 Å². The van der Waals surface area contributed by atoms with Gasteiger partial charge in [-0.05, 0) is 61.7 Å². The number of carbonyl (C=O) groups is 1. The molecule has 9 nitrogen and oxygen atoms in total. The number of fused-ring (bicyclic) bond motifs is 4. The lowest BCUT2D eigenvalue weighted by molar-refractivity contribution is -0.141. The highest BCUT2D eigenvalue weighted by molar-refractivity contribution is 6.31. The number of pyridine rings is 1. The predicted molar refractivity (Wildman–Crippen MR) is 163 cm³/mol. The number of anilines is 1. The zero-order valence-corrected chi connectivity index (χ0v) is 25.0. The van der Waals surface area contributed by atoms with E-state index in [0.29, 0.717) is 41.2 Å². The van der Waals surface area contributed by atoms with Gasteiger partial charge < -0.3 is 5.32 Å². The maximum absolute atomic E-state index is 13.7. The Morgan fingerprint density at radius 1 is 1.02 bits per heavy atom. The molecule has 3 aromatic heterocycles. The lowest BCUT2D eigenvalue weighted by Gasteiger charge is -2.23. The van der Waals surface area contributed by atoms with Crippen LogP contribution in [0.3, 0.4) is 0 Å². The van der Waals surface area contributed by atoms with E-state index in [-0.39, 0.29) is 28.8 Å². The van der Waals surface area contributed by atoms with Crippen molar-refractivity contribution in [1.29, 1.82) is 0 Å². The van der Waals surface area contributed by atoms with E-state index in [1.807, 2.05) is 50.2 Å². The van der Waals surface area contributed by atoms with Crippen LogP contribution in [-0.2, 0) is 11.0 Å². The van der Waals surface area contributed by atoms with Crippen molar-refractivity contribution in [2.75, 3.05) is 5.32 Å². The van der Waals surface area contributed by atoms with Crippen LogP contribution in [0.5, 0.6) is 0 Å². The minimum Gasteiger partial charge on any atom is -0.324 e. The second-order valence-corrected chi connectivity index (χ2v) is 11.5. The van der Waals surface area contributed by atoms with Crippen molar-refractivity contribution in [3.8, 4) is 28.2 Å². The van der Waals surface area contributed by atoms with Crippen molar-refractivity contribution < 1.29 is 18.0 Å². The van der Waals surface area contributed by atoms with E-state index < -0.39 is 17.9 Å². The molecule has 0 radical (unpaired) electrons. The van der Waals surface area contributed by atoms with Crippen molar-refractivity contribution in [2.45, 2.75) is 45.3 Å². The number of rotatable bonds is 3. The third-order valence-corrected chi connectivity index (χ3v) is 8.07. The van der Waals surface area contributed by atoms with Gasteiger partial charge in [0.1, 0.15) is 0 Å². The van der Waals surface area contributed by atoms with Crippen LogP contribution in [0.2, 0.25) is 5.02 Å². The summed E-state index contributed by atoms with van der Waals surface area (Å²) >= 11 is 6.25. The van der Waals surface area contributed by atoms with Crippen molar-refractivity contribution in [3.05, 3.63) is 106 Å². The first-order valence-electron chi connectivity index (χ1n) is 14.2. The van der Waals surface area contributed by atoms with Gasteiger partial charge in [0, 0.05) is 33.8 Å². The van der Waals surface area contributed by atoms with Crippen molar-refractivity contribution in [2.24, 2.45) is 5.92 Å². The topological polar surface area (TPSA) is 108 Å². The SMILES string of the molecule is Cc1ccc2c(n1)-c1cccc(c1)C(n1cnc(-c3cc(Cl)ccc3-n3cc(C(F)(F)F)nn3)cc1=O)CCCC(C)C(=O)N2. The normalized spacial score (nSPS) is 17.2. The standard InChI is InChI=1S/C32H27ClF3N7O2/c1-18-5-3-8-26(20-6-4-7-21(13-20)30-24(39-31(18)45)11-9-19(2)38-30)42-17-37-25(15-29(42)44)23-14-22(33)10-12-27(23)43-16-28(40-41-43)32(34,35)36/h4,6-7,9-18,26H,3,5,8H2,1-2H3,(H,39,45). The Kier molecular flexibility index (Phi) is 8.00. The second-order valence-electron chi connectivity index (χ2n) is 11.0. The van der Waals surface area contributed by atoms with Gasteiger partial charge >= 0.3 is 6.18 Å². The minimum absolute atomic E-state index is 0.106. The van der Waals surface area contributed by atoms with Crippen LogP contribution < -0.4 is 10.9 Å². The molecular weight excluding hydrogens is 607 g/mol. The molecular formula is C32H27ClF3N7O2. The van der Waals surface area contributed by atoms with Crippen LogP contribution in [0, 0.1) is 12.8 Å². The summed E-state index contributed by atoms with van der Waals surface area (Å²) in [6.07, 6.45) is -0.670. The number of amides is 1. The van der Waals surface area contributed by atoms with Crippen molar-refractivity contribution in [3.63, 3.8) is 0 Å². The number of nitrogens with zero attached hydrogens (tertiary/aromatic N) is 6. The maximum atomic E-state index is 13.7. The molecule has 2 bridgehead atoms. The molecule has 5 aromatic rings. The largest absolute Gasteiger partial charge is 0.436 e. The van der Waals surface area contributed by atoms with E-state index in [4.69, 9.17) is 16.6 Å². The molecule has 2 atom stereocenters. The first-order valence-corrected chi connectivity index (χ1v) is 14.6. The molecule has 4 heterocycles. The molecule has 0 aliphatic carbocycles. The van der Waals surface area contributed by atoms with Gasteiger partial charge in [0.25, 0.3) is 5.56 Å². The molecule has 0 spiro atoms. The molecule has 1 N–H and O–H groups in total. The molecule has 2 unspecified atom stereocenters. The number of nitrogens with one attached hydrogen (secondary N) is 1. The number of aromatic nitrogens is 6.